The van der Waals surface area contributed by atoms with Gasteiger partial charge in [-0.05, 0) is 49.6 Å². The SMILES string of the molecule is COc1ccc(C)cc1NC(=O)C[C@@H]1C(=O)N(C2CC2)c2nc3ccccc3n21. The van der Waals surface area contributed by atoms with Crippen LogP contribution in [-0.4, -0.2) is 34.5 Å². The first-order chi connectivity index (χ1) is 14.1. The van der Waals surface area contributed by atoms with E-state index < -0.39 is 6.04 Å². The zero-order valence-electron chi connectivity index (χ0n) is 16.4. The number of nitrogens with one attached hydrogen (secondary N) is 1. The minimum absolute atomic E-state index is 0.0481. The van der Waals surface area contributed by atoms with Gasteiger partial charge in [-0.1, -0.05) is 18.2 Å². The standard InChI is InChI=1S/C22H22N4O3/c1-13-7-10-19(29-2)16(11-13)23-20(27)12-18-21(28)25(14-8-9-14)22-24-15-5-3-4-6-17(15)26(18)22/h3-7,10-11,14,18H,8-9,12H2,1-2H3,(H,23,27)/t18-/m1/s1. The Labute approximate surface area is 168 Å². The lowest BCUT2D eigenvalue weighted by Gasteiger charge is -2.16. The molecule has 0 saturated heterocycles. The van der Waals surface area contributed by atoms with Crippen LogP contribution in [0.1, 0.15) is 30.9 Å². The molecule has 5 rings (SSSR count). The smallest absolute Gasteiger partial charge is 0.253 e. The lowest BCUT2D eigenvalue weighted by molar-refractivity contribution is -0.124. The van der Waals surface area contributed by atoms with Gasteiger partial charge in [0, 0.05) is 6.04 Å². The first kappa shape index (κ1) is 17.7. The van der Waals surface area contributed by atoms with E-state index in [9.17, 15) is 9.59 Å². The normalized spacial score (nSPS) is 18.2. The monoisotopic (exact) mass is 390 g/mol. The summed E-state index contributed by atoms with van der Waals surface area (Å²) in [5.41, 5.74) is 3.34. The minimum atomic E-state index is -0.589. The molecule has 2 aliphatic rings. The number of carbonyl (C=O) groups is 2. The maximum atomic E-state index is 13.2. The molecule has 7 heteroatoms. The number of methoxy groups -OCH3 is 1. The number of hydrogen-bond donors (Lipinski definition) is 1. The van der Waals surface area contributed by atoms with Crippen LogP contribution >= 0.6 is 0 Å². The largest absolute Gasteiger partial charge is 0.495 e. The highest BCUT2D eigenvalue weighted by molar-refractivity contribution is 6.05. The fraction of sp³-hybridized carbons (Fsp3) is 0.318. The molecule has 1 atom stereocenters. The molecule has 0 spiro atoms. The number of para-hydroxylation sites is 2. The number of aromatic nitrogens is 2. The van der Waals surface area contributed by atoms with Crippen molar-refractivity contribution in [3.8, 4) is 5.75 Å². The molecular weight excluding hydrogens is 368 g/mol. The number of benzene rings is 2. The van der Waals surface area contributed by atoms with E-state index in [0.29, 0.717) is 17.4 Å². The van der Waals surface area contributed by atoms with Gasteiger partial charge in [0.25, 0.3) is 5.91 Å². The van der Waals surface area contributed by atoms with E-state index in [1.54, 1.807) is 12.0 Å². The van der Waals surface area contributed by atoms with Crippen molar-refractivity contribution >= 4 is 34.5 Å². The van der Waals surface area contributed by atoms with Crippen LogP contribution in [0.5, 0.6) is 5.75 Å². The van der Waals surface area contributed by atoms with E-state index in [-0.39, 0.29) is 24.3 Å². The molecule has 1 N–H and O–H groups in total. The Morgan fingerprint density at radius 2 is 2.03 bits per heavy atom. The van der Waals surface area contributed by atoms with Crippen LogP contribution in [0.4, 0.5) is 11.6 Å². The molecule has 29 heavy (non-hydrogen) atoms. The number of ether oxygens (including phenoxy) is 1. The van der Waals surface area contributed by atoms with Crippen LogP contribution in [-0.2, 0) is 9.59 Å². The fourth-order valence-corrected chi connectivity index (χ4v) is 4.03. The second kappa shape index (κ2) is 6.62. The van der Waals surface area contributed by atoms with Crippen LogP contribution in [0.25, 0.3) is 11.0 Å². The zero-order valence-corrected chi connectivity index (χ0v) is 16.4. The third-order valence-electron chi connectivity index (χ3n) is 5.55. The predicted octanol–water partition coefficient (Wildman–Crippen LogP) is 3.43. The molecule has 1 fully saturated rings. The highest BCUT2D eigenvalue weighted by Crippen LogP contribution is 2.42. The van der Waals surface area contributed by atoms with E-state index >= 15 is 0 Å². The van der Waals surface area contributed by atoms with Crippen LogP contribution < -0.4 is 15.0 Å². The van der Waals surface area contributed by atoms with Crippen molar-refractivity contribution in [1.29, 1.82) is 0 Å². The Morgan fingerprint density at radius 3 is 2.79 bits per heavy atom. The fourth-order valence-electron chi connectivity index (χ4n) is 4.03. The third kappa shape index (κ3) is 2.93. The topological polar surface area (TPSA) is 76.5 Å². The van der Waals surface area contributed by atoms with Gasteiger partial charge in [0.05, 0.1) is 30.3 Å². The highest BCUT2D eigenvalue weighted by atomic mass is 16.5. The van der Waals surface area contributed by atoms with Gasteiger partial charge in [0.15, 0.2) is 0 Å². The molecule has 0 radical (unpaired) electrons. The molecule has 3 aromatic rings. The first-order valence-electron chi connectivity index (χ1n) is 9.81. The second-order valence-corrected chi connectivity index (χ2v) is 7.68. The first-order valence-corrected chi connectivity index (χ1v) is 9.81. The molecule has 1 aliphatic heterocycles. The maximum absolute atomic E-state index is 13.2. The second-order valence-electron chi connectivity index (χ2n) is 7.68. The number of anilines is 2. The molecule has 7 nitrogen and oxygen atoms in total. The average molecular weight is 390 g/mol. The Balaban J connectivity index is 1.46. The number of amides is 2. The van der Waals surface area contributed by atoms with Gasteiger partial charge in [0.2, 0.25) is 11.9 Å². The van der Waals surface area contributed by atoms with Crippen LogP contribution in [0, 0.1) is 6.92 Å². The predicted molar refractivity (Wildman–Crippen MR) is 110 cm³/mol. The number of aryl methyl sites for hydroxylation is 1. The molecular formula is C22H22N4O3. The molecule has 1 aliphatic carbocycles. The van der Waals surface area contributed by atoms with Crippen molar-refractivity contribution in [2.24, 2.45) is 0 Å². The summed E-state index contributed by atoms with van der Waals surface area (Å²) in [5, 5.41) is 2.91. The Bertz CT molecular complexity index is 1130. The lowest BCUT2D eigenvalue weighted by Crippen LogP contribution is -2.33. The summed E-state index contributed by atoms with van der Waals surface area (Å²) < 4.78 is 7.27. The zero-order chi connectivity index (χ0) is 20.1. The summed E-state index contributed by atoms with van der Waals surface area (Å²) in [6, 6.07) is 13.0. The van der Waals surface area contributed by atoms with Gasteiger partial charge in [-0.3, -0.25) is 19.1 Å². The van der Waals surface area contributed by atoms with E-state index in [1.807, 2.05) is 54.0 Å². The summed E-state index contributed by atoms with van der Waals surface area (Å²) in [6.07, 6.45) is 2.01. The summed E-state index contributed by atoms with van der Waals surface area (Å²) in [4.78, 5) is 32.5. The molecule has 2 amide bonds. The Kier molecular flexibility index (Phi) is 4.04. The van der Waals surface area contributed by atoms with Gasteiger partial charge in [0.1, 0.15) is 11.8 Å². The number of rotatable bonds is 5. The van der Waals surface area contributed by atoms with Gasteiger partial charge in [-0.15, -0.1) is 0 Å². The molecule has 0 unspecified atom stereocenters. The number of carbonyl (C=O) groups excluding carboxylic acids is 2. The number of hydrogen-bond acceptors (Lipinski definition) is 4. The average Bonchev–Trinajstić information content (AvgIpc) is 3.41. The molecule has 148 valence electrons. The molecule has 2 heterocycles. The maximum Gasteiger partial charge on any atom is 0.253 e. The van der Waals surface area contributed by atoms with Crippen molar-refractivity contribution in [1.82, 2.24) is 9.55 Å². The van der Waals surface area contributed by atoms with Crippen LogP contribution in [0.15, 0.2) is 42.5 Å². The summed E-state index contributed by atoms with van der Waals surface area (Å²) in [6.45, 7) is 1.95. The highest BCUT2D eigenvalue weighted by Gasteiger charge is 2.47. The van der Waals surface area contributed by atoms with Crippen LogP contribution in [0.3, 0.4) is 0 Å². The van der Waals surface area contributed by atoms with Crippen LogP contribution in [0.2, 0.25) is 0 Å². The van der Waals surface area contributed by atoms with E-state index in [4.69, 9.17) is 4.74 Å². The number of fused-ring (bicyclic) bond motifs is 3. The van der Waals surface area contributed by atoms with Crippen molar-refractivity contribution in [2.75, 3.05) is 17.3 Å². The molecule has 1 aromatic heterocycles. The summed E-state index contributed by atoms with van der Waals surface area (Å²) in [7, 11) is 1.57. The summed E-state index contributed by atoms with van der Waals surface area (Å²) >= 11 is 0. The lowest BCUT2D eigenvalue weighted by atomic mass is 10.1. The minimum Gasteiger partial charge on any atom is -0.495 e. The molecule has 2 aromatic carbocycles. The quantitative estimate of drug-likeness (QED) is 0.724. The van der Waals surface area contributed by atoms with E-state index in [0.717, 1.165) is 29.4 Å². The van der Waals surface area contributed by atoms with Crippen molar-refractivity contribution in [2.45, 2.75) is 38.3 Å². The molecule has 0 bridgehead atoms. The van der Waals surface area contributed by atoms with Crippen molar-refractivity contribution in [3.05, 3.63) is 48.0 Å². The van der Waals surface area contributed by atoms with Gasteiger partial charge in [-0.2, -0.15) is 0 Å². The van der Waals surface area contributed by atoms with E-state index in [2.05, 4.69) is 10.3 Å². The van der Waals surface area contributed by atoms with Gasteiger partial charge < -0.3 is 10.1 Å². The number of imidazole rings is 1. The molecule has 1 saturated carbocycles. The Morgan fingerprint density at radius 1 is 1.24 bits per heavy atom. The van der Waals surface area contributed by atoms with Crippen molar-refractivity contribution < 1.29 is 14.3 Å². The third-order valence-corrected chi connectivity index (χ3v) is 5.55. The number of nitrogens with zero attached hydrogens (tertiary/aromatic N) is 3. The van der Waals surface area contributed by atoms with Gasteiger partial charge in [-0.25, -0.2) is 4.98 Å². The Hall–Kier alpha value is -3.35. The van der Waals surface area contributed by atoms with Gasteiger partial charge >= 0.3 is 0 Å². The van der Waals surface area contributed by atoms with E-state index in [1.165, 1.54) is 0 Å². The summed E-state index contributed by atoms with van der Waals surface area (Å²) in [5.74, 6) is 0.973. The van der Waals surface area contributed by atoms with Crippen molar-refractivity contribution in [3.63, 3.8) is 0 Å².